The number of hydrogen-bond acceptors (Lipinski definition) is 7. The second-order valence-corrected chi connectivity index (χ2v) is 11.0. The summed E-state index contributed by atoms with van der Waals surface area (Å²) in [5, 5.41) is 11.7. The van der Waals surface area contributed by atoms with Crippen molar-refractivity contribution in [2.24, 2.45) is 0 Å². The first kappa shape index (κ1) is 25.0. The highest BCUT2D eigenvalue weighted by atomic mass is 32.1. The largest absolute Gasteiger partial charge is 0.481 e. The zero-order valence-electron chi connectivity index (χ0n) is 19.2. The Balaban J connectivity index is 1.36. The van der Waals surface area contributed by atoms with E-state index < -0.39 is 35.7 Å². The van der Waals surface area contributed by atoms with Gasteiger partial charge in [0.1, 0.15) is 18.2 Å². The number of anilines is 1. The molecule has 188 valence electrons. The molecule has 0 saturated carbocycles. The molecule has 0 fully saturated rings. The van der Waals surface area contributed by atoms with Crippen LogP contribution in [0, 0.1) is 18.6 Å². The van der Waals surface area contributed by atoms with Crippen LogP contribution in [-0.4, -0.2) is 21.5 Å². The number of fused-ring (bicyclic) bond motifs is 1. The molecular formula is C26H18F2N2O4S3. The topological polar surface area (TPSA) is 88.5 Å². The summed E-state index contributed by atoms with van der Waals surface area (Å²) in [5.41, 5.74) is 2.01. The van der Waals surface area contributed by atoms with Gasteiger partial charge in [-0.1, -0.05) is 30.3 Å². The first-order chi connectivity index (χ1) is 17.8. The van der Waals surface area contributed by atoms with Crippen molar-refractivity contribution in [1.29, 1.82) is 0 Å². The minimum atomic E-state index is -1.30. The predicted octanol–water partition coefficient (Wildman–Crippen LogP) is 7.72. The van der Waals surface area contributed by atoms with Crippen LogP contribution in [0.15, 0.2) is 54.6 Å². The van der Waals surface area contributed by atoms with Crippen LogP contribution in [0.3, 0.4) is 0 Å². The zero-order valence-corrected chi connectivity index (χ0v) is 21.7. The van der Waals surface area contributed by atoms with E-state index in [-0.39, 0.29) is 6.61 Å². The number of aliphatic carboxylic acids is 1. The van der Waals surface area contributed by atoms with Gasteiger partial charge in [-0.05, 0) is 53.8 Å². The van der Waals surface area contributed by atoms with Gasteiger partial charge < -0.3 is 9.84 Å². The number of rotatable bonds is 7. The average molecular weight is 557 g/mol. The number of halogens is 2. The Morgan fingerprint density at radius 3 is 2.32 bits per heavy atom. The third kappa shape index (κ3) is 5.38. The Bertz CT molecular complexity index is 1570. The number of nitrogens with one attached hydrogen (secondary N) is 1. The van der Waals surface area contributed by atoms with Crippen molar-refractivity contribution >= 4 is 61.4 Å². The first-order valence-corrected chi connectivity index (χ1v) is 13.4. The molecule has 1 amide bonds. The van der Waals surface area contributed by atoms with E-state index in [1.807, 2.05) is 42.5 Å². The van der Waals surface area contributed by atoms with Crippen LogP contribution in [0.25, 0.3) is 29.6 Å². The van der Waals surface area contributed by atoms with E-state index in [0.29, 0.717) is 21.8 Å². The summed E-state index contributed by atoms with van der Waals surface area (Å²) < 4.78 is 40.3. The maximum absolute atomic E-state index is 14.4. The maximum atomic E-state index is 14.4. The van der Waals surface area contributed by atoms with Crippen LogP contribution in [-0.2, 0) is 22.6 Å². The van der Waals surface area contributed by atoms with Crippen LogP contribution in [0.4, 0.5) is 19.3 Å². The van der Waals surface area contributed by atoms with E-state index in [9.17, 15) is 18.4 Å². The van der Waals surface area contributed by atoms with Crippen LogP contribution >= 0.6 is 34.2 Å². The summed E-state index contributed by atoms with van der Waals surface area (Å²) in [6.07, 6.45) is -1.30. The number of nitrogens with zero attached hydrogens (tertiary/aromatic N) is 1. The number of carbonyl (C=O) groups excluding carboxylic acids is 1. The molecule has 37 heavy (non-hydrogen) atoms. The van der Waals surface area contributed by atoms with Crippen molar-refractivity contribution in [3.8, 4) is 20.2 Å². The minimum absolute atomic E-state index is 0.147. The maximum Gasteiger partial charge on any atom is 0.412 e. The fourth-order valence-corrected chi connectivity index (χ4v) is 7.03. The number of aromatic nitrogens is 1. The molecule has 2 aromatic carbocycles. The third-order valence-electron chi connectivity index (χ3n) is 5.49. The molecule has 3 heterocycles. The lowest BCUT2D eigenvalue weighted by atomic mass is 10.1. The van der Waals surface area contributed by atoms with Crippen molar-refractivity contribution in [2.75, 3.05) is 5.32 Å². The molecule has 0 aliphatic heterocycles. The summed E-state index contributed by atoms with van der Waals surface area (Å²) in [7, 11) is 0. The van der Waals surface area contributed by atoms with E-state index in [1.54, 1.807) is 6.92 Å². The molecule has 0 aliphatic carbocycles. The number of amides is 1. The van der Waals surface area contributed by atoms with Crippen molar-refractivity contribution in [2.45, 2.75) is 20.0 Å². The predicted molar refractivity (Wildman–Crippen MR) is 142 cm³/mol. The van der Waals surface area contributed by atoms with Crippen LogP contribution in [0.5, 0.6) is 0 Å². The summed E-state index contributed by atoms with van der Waals surface area (Å²) in [4.78, 5) is 25.7. The van der Waals surface area contributed by atoms with E-state index >= 15 is 0 Å². The van der Waals surface area contributed by atoms with E-state index in [2.05, 4.69) is 9.69 Å². The lowest BCUT2D eigenvalue weighted by Gasteiger charge is -2.08. The molecule has 11 heteroatoms. The van der Waals surface area contributed by atoms with Crippen molar-refractivity contribution in [1.82, 2.24) is 4.37 Å². The molecule has 0 radical (unpaired) electrons. The third-order valence-corrected chi connectivity index (χ3v) is 8.95. The zero-order chi connectivity index (χ0) is 26.1. The molecular weight excluding hydrogens is 538 g/mol. The summed E-state index contributed by atoms with van der Waals surface area (Å²) in [6, 6.07) is 15.5. The molecule has 5 rings (SSSR count). The summed E-state index contributed by atoms with van der Waals surface area (Å²) in [5.74, 6) is -3.07. The normalized spacial score (nSPS) is 11.1. The quantitative estimate of drug-likeness (QED) is 0.214. The van der Waals surface area contributed by atoms with Gasteiger partial charge in [-0.2, -0.15) is 4.37 Å². The average Bonchev–Trinajstić information content (AvgIpc) is 3.54. The Kier molecular flexibility index (Phi) is 7.00. The van der Waals surface area contributed by atoms with E-state index in [0.717, 1.165) is 36.9 Å². The Labute approximate surface area is 222 Å². The number of thiophene rings is 2. The van der Waals surface area contributed by atoms with Gasteiger partial charge in [-0.3, -0.25) is 10.1 Å². The number of benzene rings is 2. The Hall–Kier alpha value is -3.67. The molecule has 0 aliphatic rings. The van der Waals surface area contributed by atoms with Gasteiger partial charge in [-0.15, -0.1) is 22.7 Å². The minimum Gasteiger partial charge on any atom is -0.481 e. The summed E-state index contributed by atoms with van der Waals surface area (Å²) >= 11 is 4.11. The number of hydrogen-bond donors (Lipinski definition) is 2. The van der Waals surface area contributed by atoms with Gasteiger partial charge >= 0.3 is 12.1 Å². The second kappa shape index (κ2) is 10.4. The van der Waals surface area contributed by atoms with Gasteiger partial charge in [0.15, 0.2) is 0 Å². The smallest absolute Gasteiger partial charge is 0.412 e. The Morgan fingerprint density at radius 2 is 1.65 bits per heavy atom. The van der Waals surface area contributed by atoms with Gasteiger partial charge in [0.25, 0.3) is 0 Å². The Morgan fingerprint density at radius 1 is 1.00 bits per heavy atom. The molecule has 0 spiro atoms. The number of carbonyl (C=O) groups is 2. The number of carboxylic acids is 1. The van der Waals surface area contributed by atoms with Crippen LogP contribution in [0.2, 0.25) is 0 Å². The number of carboxylic acid groups (broad SMARTS) is 1. The van der Waals surface area contributed by atoms with Gasteiger partial charge in [0, 0.05) is 19.8 Å². The molecule has 3 aromatic heterocycles. The highest BCUT2D eigenvalue weighted by molar-refractivity contribution is 7.32. The fourth-order valence-electron chi connectivity index (χ4n) is 3.70. The van der Waals surface area contributed by atoms with Gasteiger partial charge in [0.2, 0.25) is 0 Å². The first-order valence-electron chi connectivity index (χ1n) is 11.0. The molecule has 5 aromatic rings. The van der Waals surface area contributed by atoms with Crippen LogP contribution in [0.1, 0.15) is 16.8 Å². The van der Waals surface area contributed by atoms with Crippen molar-refractivity contribution in [3.63, 3.8) is 0 Å². The highest BCUT2D eigenvalue weighted by Crippen LogP contribution is 2.45. The SMILES string of the molecule is Cc1nsc(-c2cc3sc(-c4cc(F)c(CC(=O)O)c(F)c4)cc3s2)c1NC(=O)OCc1ccccc1. The standard InChI is InChI=1S/C26H18F2N2O4S3/c1-13-24(29-26(33)34-12-14-5-3-2-4-6-14)25(37-30-13)22-11-21-20(36-22)10-19(35-21)15-7-17(27)16(9-23(31)32)18(28)8-15/h2-8,10-11H,9,12H2,1H3,(H,29,33)(H,31,32). The second-order valence-electron chi connectivity index (χ2n) is 8.10. The lowest BCUT2D eigenvalue weighted by Crippen LogP contribution is -2.14. The highest BCUT2D eigenvalue weighted by Gasteiger charge is 2.20. The lowest BCUT2D eigenvalue weighted by molar-refractivity contribution is -0.136. The molecule has 0 bridgehead atoms. The van der Waals surface area contributed by atoms with Gasteiger partial charge in [-0.25, -0.2) is 13.6 Å². The molecule has 0 atom stereocenters. The monoisotopic (exact) mass is 556 g/mol. The van der Waals surface area contributed by atoms with Crippen molar-refractivity contribution in [3.05, 3.63) is 83.1 Å². The summed E-state index contributed by atoms with van der Waals surface area (Å²) in [6.45, 7) is 1.95. The van der Waals surface area contributed by atoms with Gasteiger partial charge in [0.05, 0.1) is 27.6 Å². The van der Waals surface area contributed by atoms with E-state index in [4.69, 9.17) is 9.84 Å². The molecule has 0 saturated heterocycles. The van der Waals surface area contributed by atoms with E-state index in [1.165, 1.54) is 34.2 Å². The number of ether oxygens (including phenoxy) is 1. The molecule has 2 N–H and O–H groups in total. The molecule has 0 unspecified atom stereocenters. The van der Waals surface area contributed by atoms with Crippen molar-refractivity contribution < 1.29 is 28.2 Å². The number of aryl methyl sites for hydroxylation is 1. The van der Waals surface area contributed by atoms with Crippen LogP contribution < -0.4 is 5.32 Å². The fraction of sp³-hybridized carbons (Fsp3) is 0.115. The molecule has 6 nitrogen and oxygen atoms in total.